The molecule has 1 saturated heterocycles. The second-order valence-corrected chi connectivity index (χ2v) is 7.62. The van der Waals surface area contributed by atoms with Crippen LogP contribution >= 0.6 is 0 Å². The molecule has 1 aromatic rings. The van der Waals surface area contributed by atoms with E-state index < -0.39 is 0 Å². The van der Waals surface area contributed by atoms with Gasteiger partial charge in [0, 0.05) is 26.1 Å². The van der Waals surface area contributed by atoms with Crippen molar-refractivity contribution in [1.82, 2.24) is 10.2 Å². The average molecular weight is 330 g/mol. The number of carbonyl (C=O) groups is 2. The zero-order chi connectivity index (χ0) is 17.6. The standard InChI is InChI=1S/C20H30N2O2/c1-16(23)14-20(2,3)18-10-7-13-22(15-18)19(24)21-12-11-17-8-5-4-6-9-17/h4-6,8-9,18H,7,10-15H2,1-3H3,(H,21,24). The number of Topliss-reactive ketones (excluding diaryl/α,β-unsaturated/α-hetero) is 1. The number of nitrogens with zero attached hydrogens (tertiary/aromatic N) is 1. The molecule has 1 heterocycles. The van der Waals surface area contributed by atoms with E-state index in [1.807, 2.05) is 23.1 Å². The average Bonchev–Trinajstić information content (AvgIpc) is 2.55. The normalized spacial score (nSPS) is 18.3. The molecule has 0 radical (unpaired) electrons. The molecule has 0 bridgehead atoms. The Kier molecular flexibility index (Phi) is 6.41. The fourth-order valence-electron chi connectivity index (χ4n) is 3.66. The number of carbonyl (C=O) groups excluding carboxylic acids is 2. The molecule has 132 valence electrons. The molecular formula is C20H30N2O2. The zero-order valence-electron chi connectivity index (χ0n) is 15.2. The third-order valence-electron chi connectivity index (χ3n) is 5.05. The van der Waals surface area contributed by atoms with Crippen molar-refractivity contribution in [3.63, 3.8) is 0 Å². The largest absolute Gasteiger partial charge is 0.338 e. The Bertz CT molecular complexity index is 554. The molecule has 1 aliphatic heterocycles. The number of benzene rings is 1. The summed E-state index contributed by atoms with van der Waals surface area (Å²) in [6.07, 6.45) is 3.53. The molecule has 1 N–H and O–H groups in total. The lowest BCUT2D eigenvalue weighted by Gasteiger charge is -2.41. The van der Waals surface area contributed by atoms with Gasteiger partial charge in [-0.05, 0) is 43.1 Å². The maximum Gasteiger partial charge on any atom is 0.317 e. The van der Waals surface area contributed by atoms with E-state index in [-0.39, 0.29) is 17.2 Å². The highest BCUT2D eigenvalue weighted by Crippen LogP contribution is 2.36. The van der Waals surface area contributed by atoms with Crippen molar-refractivity contribution in [2.24, 2.45) is 11.3 Å². The first-order valence-electron chi connectivity index (χ1n) is 8.94. The highest BCUT2D eigenvalue weighted by Gasteiger charge is 2.35. The third kappa shape index (κ3) is 5.36. The summed E-state index contributed by atoms with van der Waals surface area (Å²) in [5.74, 6) is 0.611. The maximum absolute atomic E-state index is 12.4. The Morgan fingerprint density at radius 2 is 1.96 bits per heavy atom. The second kappa shape index (κ2) is 8.32. The van der Waals surface area contributed by atoms with E-state index in [4.69, 9.17) is 0 Å². The summed E-state index contributed by atoms with van der Waals surface area (Å²) < 4.78 is 0. The Balaban J connectivity index is 1.82. The molecule has 0 aromatic heterocycles. The molecule has 0 aliphatic carbocycles. The first kappa shape index (κ1) is 18.5. The van der Waals surface area contributed by atoms with Crippen LogP contribution in [0.15, 0.2) is 30.3 Å². The number of nitrogens with one attached hydrogen (secondary N) is 1. The second-order valence-electron chi connectivity index (χ2n) is 7.62. The van der Waals surface area contributed by atoms with Crippen LogP contribution in [-0.2, 0) is 11.2 Å². The SMILES string of the molecule is CC(=O)CC(C)(C)C1CCCN(C(=O)NCCc2ccccc2)C1. The predicted molar refractivity (Wildman–Crippen MR) is 96.9 cm³/mol. The number of hydrogen-bond acceptors (Lipinski definition) is 2. The van der Waals surface area contributed by atoms with Crippen molar-refractivity contribution in [2.45, 2.75) is 46.5 Å². The van der Waals surface area contributed by atoms with Crippen molar-refractivity contribution < 1.29 is 9.59 Å². The monoisotopic (exact) mass is 330 g/mol. The van der Waals surface area contributed by atoms with E-state index in [1.54, 1.807) is 6.92 Å². The fraction of sp³-hybridized carbons (Fsp3) is 0.600. The molecule has 4 nitrogen and oxygen atoms in total. The van der Waals surface area contributed by atoms with Crippen LogP contribution in [0, 0.1) is 11.3 Å². The van der Waals surface area contributed by atoms with Gasteiger partial charge in [-0.1, -0.05) is 44.2 Å². The minimum absolute atomic E-state index is 0.0225. The summed E-state index contributed by atoms with van der Waals surface area (Å²) >= 11 is 0. The van der Waals surface area contributed by atoms with Crippen LogP contribution in [0.5, 0.6) is 0 Å². The van der Waals surface area contributed by atoms with Gasteiger partial charge in [0.2, 0.25) is 0 Å². The molecule has 24 heavy (non-hydrogen) atoms. The van der Waals surface area contributed by atoms with E-state index in [0.717, 1.165) is 32.4 Å². The highest BCUT2D eigenvalue weighted by atomic mass is 16.2. The minimum Gasteiger partial charge on any atom is -0.338 e. The van der Waals surface area contributed by atoms with Crippen molar-refractivity contribution in [2.75, 3.05) is 19.6 Å². The van der Waals surface area contributed by atoms with E-state index in [9.17, 15) is 9.59 Å². The molecule has 1 unspecified atom stereocenters. The predicted octanol–water partition coefficient (Wildman–Crippen LogP) is 3.66. The Labute approximate surface area is 145 Å². The highest BCUT2D eigenvalue weighted by molar-refractivity contribution is 5.76. The van der Waals surface area contributed by atoms with E-state index in [2.05, 4.69) is 31.3 Å². The van der Waals surface area contributed by atoms with Gasteiger partial charge < -0.3 is 15.0 Å². The summed E-state index contributed by atoms with van der Waals surface area (Å²) in [6.45, 7) is 8.16. The minimum atomic E-state index is -0.0468. The number of piperidine rings is 1. The van der Waals surface area contributed by atoms with Crippen LogP contribution in [0.3, 0.4) is 0 Å². The topological polar surface area (TPSA) is 49.4 Å². The van der Waals surface area contributed by atoms with Crippen molar-refractivity contribution in [1.29, 1.82) is 0 Å². The van der Waals surface area contributed by atoms with Gasteiger partial charge in [0.05, 0.1) is 0 Å². The number of amides is 2. The first-order valence-corrected chi connectivity index (χ1v) is 8.94. The summed E-state index contributed by atoms with van der Waals surface area (Å²) in [6, 6.07) is 10.2. The summed E-state index contributed by atoms with van der Waals surface area (Å²) in [4.78, 5) is 25.8. The van der Waals surface area contributed by atoms with Gasteiger partial charge in [0.1, 0.15) is 5.78 Å². The maximum atomic E-state index is 12.4. The van der Waals surface area contributed by atoms with Crippen LogP contribution < -0.4 is 5.32 Å². The number of hydrogen-bond donors (Lipinski definition) is 1. The molecule has 1 aromatic carbocycles. The van der Waals surface area contributed by atoms with Gasteiger partial charge in [-0.15, -0.1) is 0 Å². The van der Waals surface area contributed by atoms with E-state index in [0.29, 0.717) is 18.9 Å². The van der Waals surface area contributed by atoms with Gasteiger partial charge in [-0.2, -0.15) is 0 Å². The Morgan fingerprint density at radius 3 is 2.62 bits per heavy atom. The summed E-state index contributed by atoms with van der Waals surface area (Å²) in [5, 5.41) is 3.03. The quantitative estimate of drug-likeness (QED) is 0.865. The number of rotatable bonds is 6. The zero-order valence-corrected chi connectivity index (χ0v) is 15.2. The first-order chi connectivity index (χ1) is 11.4. The van der Waals surface area contributed by atoms with E-state index >= 15 is 0 Å². The molecule has 0 spiro atoms. The summed E-state index contributed by atoms with van der Waals surface area (Å²) in [7, 11) is 0. The van der Waals surface area contributed by atoms with Crippen molar-refractivity contribution in [3.05, 3.63) is 35.9 Å². The smallest absolute Gasteiger partial charge is 0.317 e. The molecule has 1 fully saturated rings. The molecule has 0 saturated carbocycles. The number of urea groups is 1. The van der Waals surface area contributed by atoms with Crippen molar-refractivity contribution >= 4 is 11.8 Å². The van der Waals surface area contributed by atoms with Crippen LogP contribution in [0.4, 0.5) is 4.79 Å². The van der Waals surface area contributed by atoms with Gasteiger partial charge >= 0.3 is 6.03 Å². The molecule has 1 atom stereocenters. The van der Waals surface area contributed by atoms with Gasteiger partial charge in [0.15, 0.2) is 0 Å². The molecule has 2 amide bonds. The van der Waals surface area contributed by atoms with Gasteiger partial charge in [-0.25, -0.2) is 4.79 Å². The molecule has 4 heteroatoms. The van der Waals surface area contributed by atoms with Crippen LogP contribution in [0.2, 0.25) is 0 Å². The van der Waals surface area contributed by atoms with Crippen LogP contribution in [-0.4, -0.2) is 36.3 Å². The third-order valence-corrected chi connectivity index (χ3v) is 5.05. The lowest BCUT2D eigenvalue weighted by atomic mass is 9.72. The Hall–Kier alpha value is -1.84. The fourth-order valence-corrected chi connectivity index (χ4v) is 3.66. The van der Waals surface area contributed by atoms with Crippen molar-refractivity contribution in [3.8, 4) is 0 Å². The molecular weight excluding hydrogens is 300 g/mol. The molecule has 2 rings (SSSR count). The van der Waals surface area contributed by atoms with Gasteiger partial charge in [-0.3, -0.25) is 0 Å². The van der Waals surface area contributed by atoms with Gasteiger partial charge in [0.25, 0.3) is 0 Å². The number of likely N-dealkylation sites (tertiary alicyclic amines) is 1. The lowest BCUT2D eigenvalue weighted by molar-refractivity contribution is -0.119. The molecule has 1 aliphatic rings. The van der Waals surface area contributed by atoms with Crippen LogP contribution in [0.1, 0.15) is 45.6 Å². The lowest BCUT2D eigenvalue weighted by Crippen LogP contribution is -2.49. The Morgan fingerprint density at radius 1 is 1.25 bits per heavy atom. The van der Waals surface area contributed by atoms with Crippen LogP contribution in [0.25, 0.3) is 0 Å². The summed E-state index contributed by atoms with van der Waals surface area (Å²) in [5.41, 5.74) is 1.19. The number of ketones is 1. The van der Waals surface area contributed by atoms with E-state index in [1.165, 1.54) is 5.56 Å².